The number of amides is 1. The molecule has 114 valence electrons. The van der Waals surface area contributed by atoms with Crippen LogP contribution >= 0.6 is 22.7 Å². The number of fused-ring (bicyclic) bond motifs is 2. The fourth-order valence-corrected chi connectivity index (χ4v) is 4.04. The summed E-state index contributed by atoms with van der Waals surface area (Å²) < 4.78 is 4.09. The Labute approximate surface area is 139 Å². The van der Waals surface area contributed by atoms with Crippen LogP contribution in [0.2, 0.25) is 0 Å². The predicted octanol–water partition coefficient (Wildman–Crippen LogP) is 3.10. The minimum Gasteiger partial charge on any atom is -0.318 e. The molecule has 2 aromatic carbocycles. The average molecular weight is 340 g/mol. The number of carbonyl (C=O) groups is 1. The van der Waals surface area contributed by atoms with Gasteiger partial charge >= 0.3 is 0 Å². The number of nitrogens with one attached hydrogen (secondary N) is 1. The van der Waals surface area contributed by atoms with Crippen molar-refractivity contribution in [1.29, 1.82) is 0 Å². The number of rotatable bonds is 2. The lowest BCUT2D eigenvalue weighted by atomic mass is 10.2. The lowest BCUT2D eigenvalue weighted by molar-refractivity contribution is 0.0953. The lowest BCUT2D eigenvalue weighted by Gasteiger charge is -1.99. The third kappa shape index (κ3) is 2.54. The maximum absolute atomic E-state index is 12.3. The normalized spacial score (nSPS) is 12.1. The molecule has 2 aromatic heterocycles. The molecule has 0 aliphatic rings. The zero-order valence-corrected chi connectivity index (χ0v) is 13.8. The number of hydrogen-bond donors (Lipinski definition) is 1. The number of para-hydroxylation sites is 1. The molecule has 0 saturated heterocycles. The molecule has 1 N–H and O–H groups in total. The number of aromatic nitrogens is 2. The largest absolute Gasteiger partial charge is 0.318 e. The van der Waals surface area contributed by atoms with Crippen molar-refractivity contribution < 1.29 is 4.79 Å². The van der Waals surface area contributed by atoms with Crippen LogP contribution in [-0.2, 0) is 7.05 Å². The molecule has 0 bridgehead atoms. The Morgan fingerprint density at radius 3 is 2.96 bits per heavy atom. The molecule has 1 amide bonds. The minimum absolute atomic E-state index is 0.224. The van der Waals surface area contributed by atoms with Gasteiger partial charge in [0.15, 0.2) is 0 Å². The van der Waals surface area contributed by atoms with E-state index in [1.807, 2.05) is 48.0 Å². The van der Waals surface area contributed by atoms with E-state index >= 15 is 0 Å². The Bertz CT molecular complexity index is 1090. The minimum atomic E-state index is -0.224. The van der Waals surface area contributed by atoms with Crippen molar-refractivity contribution in [3.05, 3.63) is 58.3 Å². The molecule has 0 aliphatic carbocycles. The standard InChI is InChI=1S/C16H12N4OS2/c1-20-12-4-2-3-5-13(12)23-16(20)19-18-15(21)10-6-7-11-14(8-10)22-9-17-11/h2-9H,1H3,(H,18,21)/b19-16-. The van der Waals surface area contributed by atoms with Crippen LogP contribution in [0, 0.1) is 0 Å². The highest BCUT2D eigenvalue weighted by molar-refractivity contribution is 7.16. The molecule has 0 unspecified atom stereocenters. The van der Waals surface area contributed by atoms with Gasteiger partial charge in [-0.2, -0.15) is 0 Å². The summed E-state index contributed by atoms with van der Waals surface area (Å²) in [5, 5.41) is 4.26. The Morgan fingerprint density at radius 2 is 2.09 bits per heavy atom. The van der Waals surface area contributed by atoms with E-state index in [4.69, 9.17) is 0 Å². The molecular formula is C16H12N4OS2. The van der Waals surface area contributed by atoms with Gasteiger partial charge in [-0.1, -0.05) is 23.5 Å². The van der Waals surface area contributed by atoms with E-state index in [-0.39, 0.29) is 5.91 Å². The SMILES string of the molecule is Cn1/c(=N/NC(=O)c2ccc3ncsc3c2)sc2ccccc21. The zero-order valence-electron chi connectivity index (χ0n) is 12.2. The highest BCUT2D eigenvalue weighted by Crippen LogP contribution is 2.19. The molecule has 0 radical (unpaired) electrons. The summed E-state index contributed by atoms with van der Waals surface area (Å²) in [7, 11) is 1.94. The molecule has 2 heterocycles. The van der Waals surface area contributed by atoms with Crippen LogP contribution < -0.4 is 10.2 Å². The predicted molar refractivity (Wildman–Crippen MR) is 93.4 cm³/mol. The van der Waals surface area contributed by atoms with E-state index in [1.165, 1.54) is 22.7 Å². The van der Waals surface area contributed by atoms with Gasteiger partial charge in [-0.05, 0) is 30.3 Å². The Hall–Kier alpha value is -2.51. The number of hydrogen-bond acceptors (Lipinski definition) is 5. The second kappa shape index (κ2) is 5.60. The van der Waals surface area contributed by atoms with Crippen molar-refractivity contribution in [2.24, 2.45) is 12.1 Å². The van der Waals surface area contributed by atoms with Crippen molar-refractivity contribution in [1.82, 2.24) is 15.0 Å². The molecular weight excluding hydrogens is 328 g/mol. The molecule has 7 heteroatoms. The fourth-order valence-electron chi connectivity index (χ4n) is 2.35. The first kappa shape index (κ1) is 14.1. The summed E-state index contributed by atoms with van der Waals surface area (Å²) in [5.74, 6) is -0.224. The number of thiazole rings is 2. The van der Waals surface area contributed by atoms with Gasteiger partial charge in [0.2, 0.25) is 4.80 Å². The van der Waals surface area contributed by atoms with Crippen LogP contribution in [0.15, 0.2) is 53.1 Å². The number of aryl methyl sites for hydroxylation is 1. The number of carbonyl (C=O) groups excluding carboxylic acids is 1. The maximum Gasteiger partial charge on any atom is 0.271 e. The molecule has 23 heavy (non-hydrogen) atoms. The zero-order chi connectivity index (χ0) is 15.8. The van der Waals surface area contributed by atoms with Crippen LogP contribution in [0.3, 0.4) is 0 Å². The lowest BCUT2D eigenvalue weighted by Crippen LogP contribution is -2.23. The molecule has 0 aliphatic heterocycles. The second-order valence-electron chi connectivity index (χ2n) is 5.00. The highest BCUT2D eigenvalue weighted by atomic mass is 32.1. The molecule has 5 nitrogen and oxygen atoms in total. The van der Waals surface area contributed by atoms with E-state index in [0.717, 1.165) is 25.2 Å². The van der Waals surface area contributed by atoms with Crippen LogP contribution in [0.4, 0.5) is 0 Å². The average Bonchev–Trinajstić information content (AvgIpc) is 3.17. The maximum atomic E-state index is 12.3. The summed E-state index contributed by atoms with van der Waals surface area (Å²) >= 11 is 3.05. The molecule has 0 atom stereocenters. The monoisotopic (exact) mass is 340 g/mol. The van der Waals surface area contributed by atoms with Gasteiger partial charge in [0.25, 0.3) is 5.91 Å². The van der Waals surface area contributed by atoms with Gasteiger partial charge in [0.05, 0.1) is 25.9 Å². The summed E-state index contributed by atoms with van der Waals surface area (Å²) in [5.41, 5.74) is 6.98. The van der Waals surface area contributed by atoms with Crippen LogP contribution in [-0.4, -0.2) is 15.5 Å². The van der Waals surface area contributed by atoms with Gasteiger partial charge in [0.1, 0.15) is 0 Å². The third-order valence-electron chi connectivity index (χ3n) is 3.56. The quantitative estimate of drug-likeness (QED) is 0.570. The fraction of sp³-hybridized carbons (Fsp3) is 0.0625. The van der Waals surface area contributed by atoms with Crippen molar-refractivity contribution in [2.45, 2.75) is 0 Å². The highest BCUT2D eigenvalue weighted by Gasteiger charge is 2.07. The van der Waals surface area contributed by atoms with Gasteiger partial charge in [0, 0.05) is 12.6 Å². The first-order chi connectivity index (χ1) is 11.2. The topological polar surface area (TPSA) is 59.3 Å². The van der Waals surface area contributed by atoms with Crippen molar-refractivity contribution in [2.75, 3.05) is 0 Å². The first-order valence-electron chi connectivity index (χ1n) is 6.94. The van der Waals surface area contributed by atoms with E-state index < -0.39 is 0 Å². The van der Waals surface area contributed by atoms with E-state index in [1.54, 1.807) is 11.6 Å². The van der Waals surface area contributed by atoms with E-state index in [0.29, 0.717) is 5.56 Å². The Kier molecular flexibility index (Phi) is 3.44. The summed E-state index contributed by atoms with van der Waals surface area (Å²) in [6.07, 6.45) is 0. The number of benzene rings is 2. The molecule has 4 rings (SSSR count). The molecule has 4 aromatic rings. The second-order valence-corrected chi connectivity index (χ2v) is 6.89. The van der Waals surface area contributed by atoms with E-state index in [2.05, 4.69) is 15.5 Å². The van der Waals surface area contributed by atoms with Crippen molar-refractivity contribution in [3.63, 3.8) is 0 Å². The summed E-state index contributed by atoms with van der Waals surface area (Å²) in [4.78, 5) is 17.2. The van der Waals surface area contributed by atoms with Crippen molar-refractivity contribution >= 4 is 49.0 Å². The Balaban J connectivity index is 1.66. The van der Waals surface area contributed by atoms with Gasteiger partial charge in [-0.15, -0.1) is 16.4 Å². The Morgan fingerprint density at radius 1 is 1.22 bits per heavy atom. The van der Waals surface area contributed by atoms with Crippen LogP contribution in [0.1, 0.15) is 10.4 Å². The third-order valence-corrected chi connectivity index (χ3v) is 5.47. The molecule has 0 spiro atoms. The van der Waals surface area contributed by atoms with Crippen LogP contribution in [0.25, 0.3) is 20.4 Å². The molecule has 0 saturated carbocycles. The van der Waals surface area contributed by atoms with Crippen LogP contribution in [0.5, 0.6) is 0 Å². The van der Waals surface area contributed by atoms with Gasteiger partial charge in [-0.3, -0.25) is 4.79 Å². The van der Waals surface area contributed by atoms with Gasteiger partial charge in [-0.25, -0.2) is 10.4 Å². The first-order valence-corrected chi connectivity index (χ1v) is 8.64. The van der Waals surface area contributed by atoms with E-state index in [9.17, 15) is 4.79 Å². The smallest absolute Gasteiger partial charge is 0.271 e. The number of nitrogens with zero attached hydrogens (tertiary/aromatic N) is 3. The van der Waals surface area contributed by atoms with Crippen molar-refractivity contribution in [3.8, 4) is 0 Å². The molecule has 0 fully saturated rings. The summed E-state index contributed by atoms with van der Waals surface area (Å²) in [6, 6.07) is 13.5. The summed E-state index contributed by atoms with van der Waals surface area (Å²) in [6.45, 7) is 0. The van der Waals surface area contributed by atoms with Gasteiger partial charge < -0.3 is 4.57 Å².